The molecule has 1 N–H and O–H groups in total. The summed E-state index contributed by atoms with van der Waals surface area (Å²) in [5.74, 6) is 0.779. The number of nitrogens with zero attached hydrogens (tertiary/aromatic N) is 2. The van der Waals surface area contributed by atoms with Gasteiger partial charge < -0.3 is 0 Å². The molecule has 106 valence electrons. The highest BCUT2D eigenvalue weighted by Crippen LogP contribution is 2.24. The minimum absolute atomic E-state index is 0.574. The number of benzene rings is 2. The number of H-pyrrole nitrogens is 1. The number of rotatable bonds is 2. The van der Waals surface area contributed by atoms with Crippen molar-refractivity contribution in [3.05, 3.63) is 63.4 Å². The Morgan fingerprint density at radius 3 is 2.29 bits per heavy atom. The second-order valence-corrected chi connectivity index (χ2v) is 5.86. The number of halogens is 1. The quantitative estimate of drug-likeness (QED) is 0.685. The monoisotopic (exact) mass is 315 g/mol. The zero-order valence-electron chi connectivity index (χ0n) is 11.7. The summed E-state index contributed by atoms with van der Waals surface area (Å²) in [5, 5.41) is 7.92. The lowest BCUT2D eigenvalue weighted by Gasteiger charge is -2.09. The Morgan fingerprint density at radius 2 is 1.67 bits per heavy atom. The molecule has 3 aromatic rings. The van der Waals surface area contributed by atoms with Crippen molar-refractivity contribution in [2.75, 3.05) is 0 Å². The van der Waals surface area contributed by atoms with Gasteiger partial charge in [0, 0.05) is 10.6 Å². The molecule has 3 rings (SSSR count). The van der Waals surface area contributed by atoms with E-state index in [4.69, 9.17) is 23.8 Å². The second kappa shape index (κ2) is 5.47. The van der Waals surface area contributed by atoms with E-state index in [-0.39, 0.29) is 0 Å². The van der Waals surface area contributed by atoms with Gasteiger partial charge >= 0.3 is 0 Å². The van der Waals surface area contributed by atoms with E-state index in [0.29, 0.717) is 9.79 Å². The van der Waals surface area contributed by atoms with Gasteiger partial charge in [0.25, 0.3) is 0 Å². The SMILES string of the molecule is Cc1cc(C)cc(-n2c(-c3ccc(Cl)cc3)n[nH]c2=S)c1. The van der Waals surface area contributed by atoms with Gasteiger partial charge in [0.15, 0.2) is 10.6 Å². The average molecular weight is 316 g/mol. The maximum absolute atomic E-state index is 5.95. The van der Waals surface area contributed by atoms with E-state index in [1.165, 1.54) is 11.1 Å². The molecule has 21 heavy (non-hydrogen) atoms. The molecule has 0 amide bonds. The highest BCUT2D eigenvalue weighted by molar-refractivity contribution is 7.71. The average Bonchev–Trinajstić information content (AvgIpc) is 2.80. The van der Waals surface area contributed by atoms with Crippen LogP contribution in [-0.2, 0) is 0 Å². The van der Waals surface area contributed by atoms with Gasteiger partial charge in [-0.1, -0.05) is 17.7 Å². The summed E-state index contributed by atoms with van der Waals surface area (Å²) in [4.78, 5) is 0. The topological polar surface area (TPSA) is 33.6 Å². The predicted octanol–water partition coefficient (Wildman–Crippen LogP) is 4.87. The smallest absolute Gasteiger partial charge is 0.200 e. The van der Waals surface area contributed by atoms with Crippen molar-refractivity contribution in [2.24, 2.45) is 0 Å². The standard InChI is InChI=1S/C16H14ClN3S/c1-10-7-11(2)9-14(8-10)20-15(18-19-16(20)21)12-3-5-13(17)6-4-12/h3-9H,1-2H3,(H,19,21). The van der Waals surface area contributed by atoms with Crippen LogP contribution in [0.3, 0.4) is 0 Å². The number of aromatic amines is 1. The third kappa shape index (κ3) is 2.77. The number of hydrogen-bond donors (Lipinski definition) is 1. The Bertz CT molecular complexity index is 826. The van der Waals surface area contributed by atoms with Crippen molar-refractivity contribution in [3.63, 3.8) is 0 Å². The first-order valence-corrected chi connectivity index (χ1v) is 7.35. The van der Waals surface area contributed by atoms with Gasteiger partial charge in [-0.15, -0.1) is 0 Å². The predicted molar refractivity (Wildman–Crippen MR) is 88.7 cm³/mol. The van der Waals surface area contributed by atoms with Crippen molar-refractivity contribution in [3.8, 4) is 17.1 Å². The second-order valence-electron chi connectivity index (χ2n) is 5.04. The molecule has 2 aromatic carbocycles. The maximum atomic E-state index is 5.95. The molecule has 0 bridgehead atoms. The van der Waals surface area contributed by atoms with E-state index in [2.05, 4.69) is 42.2 Å². The van der Waals surface area contributed by atoms with Gasteiger partial charge in [-0.25, -0.2) is 0 Å². The van der Waals surface area contributed by atoms with Gasteiger partial charge in [0.1, 0.15) is 0 Å². The third-order valence-corrected chi connectivity index (χ3v) is 3.77. The van der Waals surface area contributed by atoms with E-state index in [1.807, 2.05) is 28.8 Å². The molecular formula is C16H14ClN3S. The minimum atomic E-state index is 0.574. The van der Waals surface area contributed by atoms with Gasteiger partial charge in [-0.05, 0) is 73.6 Å². The molecule has 0 fully saturated rings. The van der Waals surface area contributed by atoms with Crippen molar-refractivity contribution in [2.45, 2.75) is 13.8 Å². The van der Waals surface area contributed by atoms with Crippen LogP contribution in [0.5, 0.6) is 0 Å². The normalized spacial score (nSPS) is 10.8. The molecule has 0 aliphatic rings. The van der Waals surface area contributed by atoms with Crippen molar-refractivity contribution in [1.29, 1.82) is 0 Å². The maximum Gasteiger partial charge on any atom is 0.200 e. The first kappa shape index (κ1) is 14.0. The highest BCUT2D eigenvalue weighted by Gasteiger charge is 2.11. The van der Waals surface area contributed by atoms with E-state index in [1.54, 1.807) is 0 Å². The summed E-state index contributed by atoms with van der Waals surface area (Å²) in [6.07, 6.45) is 0. The number of aromatic nitrogens is 3. The number of nitrogens with one attached hydrogen (secondary N) is 1. The summed E-state index contributed by atoms with van der Waals surface area (Å²) < 4.78 is 2.52. The summed E-state index contributed by atoms with van der Waals surface area (Å²) in [7, 11) is 0. The van der Waals surface area contributed by atoms with Crippen LogP contribution < -0.4 is 0 Å². The summed E-state index contributed by atoms with van der Waals surface area (Å²) >= 11 is 11.3. The molecule has 1 aromatic heterocycles. The number of hydrogen-bond acceptors (Lipinski definition) is 2. The molecule has 5 heteroatoms. The van der Waals surface area contributed by atoms with Crippen LogP contribution in [0.1, 0.15) is 11.1 Å². The Labute approximate surface area is 133 Å². The first-order chi connectivity index (χ1) is 10.0. The summed E-state index contributed by atoms with van der Waals surface area (Å²) in [6, 6.07) is 13.9. The van der Waals surface area contributed by atoms with Gasteiger partial charge in [0.2, 0.25) is 0 Å². The highest BCUT2D eigenvalue weighted by atomic mass is 35.5. The lowest BCUT2D eigenvalue weighted by molar-refractivity contribution is 1.03. The Balaban J connectivity index is 2.21. The molecule has 0 unspecified atom stereocenters. The zero-order valence-corrected chi connectivity index (χ0v) is 13.3. The molecule has 0 spiro atoms. The van der Waals surface area contributed by atoms with E-state index < -0.39 is 0 Å². The fraction of sp³-hybridized carbons (Fsp3) is 0.125. The van der Waals surface area contributed by atoms with E-state index >= 15 is 0 Å². The van der Waals surface area contributed by atoms with Crippen molar-refractivity contribution >= 4 is 23.8 Å². The van der Waals surface area contributed by atoms with Crippen LogP contribution in [0, 0.1) is 18.6 Å². The molecule has 3 nitrogen and oxygen atoms in total. The Kier molecular flexibility index (Phi) is 3.66. The van der Waals surface area contributed by atoms with Gasteiger partial charge in [0.05, 0.1) is 5.69 Å². The zero-order chi connectivity index (χ0) is 15.0. The summed E-state index contributed by atoms with van der Waals surface area (Å²) in [5.41, 5.74) is 4.35. The summed E-state index contributed by atoms with van der Waals surface area (Å²) in [6.45, 7) is 4.14. The van der Waals surface area contributed by atoms with Crippen molar-refractivity contribution in [1.82, 2.24) is 14.8 Å². The molecule has 0 aliphatic carbocycles. The fourth-order valence-electron chi connectivity index (χ4n) is 2.41. The largest absolute Gasteiger partial charge is 0.268 e. The fourth-order valence-corrected chi connectivity index (χ4v) is 2.77. The van der Waals surface area contributed by atoms with Crippen LogP contribution >= 0.6 is 23.8 Å². The van der Waals surface area contributed by atoms with Crippen LogP contribution in [0.15, 0.2) is 42.5 Å². The Morgan fingerprint density at radius 1 is 1.05 bits per heavy atom. The lowest BCUT2D eigenvalue weighted by Crippen LogP contribution is -1.99. The molecule has 0 radical (unpaired) electrons. The van der Waals surface area contributed by atoms with Crippen LogP contribution in [0.2, 0.25) is 5.02 Å². The van der Waals surface area contributed by atoms with Crippen LogP contribution in [0.25, 0.3) is 17.1 Å². The van der Waals surface area contributed by atoms with Crippen molar-refractivity contribution < 1.29 is 0 Å². The number of aryl methyl sites for hydroxylation is 2. The van der Waals surface area contributed by atoms with Gasteiger partial charge in [-0.2, -0.15) is 5.10 Å². The minimum Gasteiger partial charge on any atom is -0.268 e. The first-order valence-electron chi connectivity index (χ1n) is 6.56. The lowest BCUT2D eigenvalue weighted by atomic mass is 10.1. The molecular weight excluding hydrogens is 302 g/mol. The van der Waals surface area contributed by atoms with Crippen LogP contribution in [-0.4, -0.2) is 14.8 Å². The van der Waals surface area contributed by atoms with E-state index in [0.717, 1.165) is 17.1 Å². The molecule has 0 aliphatic heterocycles. The third-order valence-electron chi connectivity index (χ3n) is 3.24. The molecule has 0 saturated carbocycles. The molecule has 1 heterocycles. The van der Waals surface area contributed by atoms with E-state index in [9.17, 15) is 0 Å². The molecule has 0 atom stereocenters. The molecule has 0 saturated heterocycles. The van der Waals surface area contributed by atoms with Gasteiger partial charge in [-0.3, -0.25) is 9.67 Å². The Hall–Kier alpha value is -1.91. The van der Waals surface area contributed by atoms with Crippen LogP contribution in [0.4, 0.5) is 0 Å².